The molecule has 0 radical (unpaired) electrons. The number of hydrogen-bond acceptors (Lipinski definition) is 6. The Morgan fingerprint density at radius 2 is 1.82 bits per heavy atom. The monoisotopic (exact) mass is 453 g/mol. The molecule has 2 aromatic heterocycles. The summed E-state index contributed by atoms with van der Waals surface area (Å²) in [6.45, 7) is 1.95. The molecule has 0 saturated heterocycles. The SMILES string of the molecule is CCC1C(=O)N(C)c2cnc(-n3ccnc3-c3ccc(F)cc3)nc2N1c1ccc(C#N)cc1. The highest BCUT2D eigenvalue weighted by Gasteiger charge is 2.38. The van der Waals surface area contributed by atoms with Gasteiger partial charge in [0.05, 0.1) is 17.8 Å². The highest BCUT2D eigenvalue weighted by Crippen LogP contribution is 2.40. The van der Waals surface area contributed by atoms with Gasteiger partial charge < -0.3 is 9.80 Å². The lowest BCUT2D eigenvalue weighted by Crippen LogP contribution is -2.50. The largest absolute Gasteiger partial charge is 0.312 e. The van der Waals surface area contributed by atoms with Crippen molar-refractivity contribution in [2.24, 2.45) is 0 Å². The number of carbonyl (C=O) groups excluding carboxylic acids is 1. The minimum absolute atomic E-state index is 0.0645. The number of anilines is 3. The molecule has 34 heavy (non-hydrogen) atoms. The molecular weight excluding hydrogens is 433 g/mol. The van der Waals surface area contributed by atoms with Gasteiger partial charge in [-0.2, -0.15) is 10.2 Å². The molecule has 0 saturated carbocycles. The van der Waals surface area contributed by atoms with Crippen molar-refractivity contribution in [1.82, 2.24) is 19.5 Å². The number of amides is 1. The van der Waals surface area contributed by atoms with Crippen LogP contribution >= 0.6 is 0 Å². The van der Waals surface area contributed by atoms with Gasteiger partial charge in [0, 0.05) is 30.7 Å². The summed E-state index contributed by atoms with van der Waals surface area (Å²) in [5.74, 6) is 1.11. The number of rotatable bonds is 4. The number of likely N-dealkylation sites (N-methyl/N-ethyl adjacent to an activating group) is 1. The topological polar surface area (TPSA) is 90.9 Å². The van der Waals surface area contributed by atoms with E-state index >= 15 is 0 Å². The number of benzene rings is 2. The Balaban J connectivity index is 1.66. The van der Waals surface area contributed by atoms with E-state index in [0.29, 0.717) is 35.3 Å². The van der Waals surface area contributed by atoms with Crippen molar-refractivity contribution in [1.29, 1.82) is 5.26 Å². The van der Waals surface area contributed by atoms with Crippen molar-refractivity contribution in [3.05, 3.63) is 78.5 Å². The third-order valence-corrected chi connectivity index (χ3v) is 5.87. The highest BCUT2D eigenvalue weighted by atomic mass is 19.1. The lowest BCUT2D eigenvalue weighted by Gasteiger charge is -2.40. The summed E-state index contributed by atoms with van der Waals surface area (Å²) in [6, 6.07) is 14.8. The first kappa shape index (κ1) is 21.3. The second kappa shape index (κ2) is 8.41. The van der Waals surface area contributed by atoms with Crippen LogP contribution in [0.1, 0.15) is 18.9 Å². The fraction of sp³-hybridized carbons (Fsp3) is 0.160. The van der Waals surface area contributed by atoms with Gasteiger partial charge in [0.15, 0.2) is 5.82 Å². The lowest BCUT2D eigenvalue weighted by atomic mass is 10.1. The first-order chi connectivity index (χ1) is 16.5. The second-order valence-corrected chi connectivity index (χ2v) is 7.86. The Morgan fingerprint density at radius 1 is 1.09 bits per heavy atom. The molecule has 0 N–H and O–H groups in total. The third-order valence-electron chi connectivity index (χ3n) is 5.87. The van der Waals surface area contributed by atoms with Gasteiger partial charge in [-0.05, 0) is 55.0 Å². The molecule has 5 rings (SSSR count). The van der Waals surface area contributed by atoms with Gasteiger partial charge in [0.1, 0.15) is 23.4 Å². The minimum atomic E-state index is -0.465. The van der Waals surface area contributed by atoms with Crippen LogP contribution < -0.4 is 9.80 Å². The fourth-order valence-corrected chi connectivity index (χ4v) is 4.12. The van der Waals surface area contributed by atoms with E-state index in [1.807, 2.05) is 24.0 Å². The van der Waals surface area contributed by atoms with Crippen molar-refractivity contribution in [3.63, 3.8) is 0 Å². The lowest BCUT2D eigenvalue weighted by molar-refractivity contribution is -0.119. The standard InChI is InChI=1S/C25H20FN7O/c1-3-20-24(34)31(2)21-15-29-25(30-23(21)33(20)19-10-4-16(14-27)5-11-19)32-13-12-28-22(32)17-6-8-18(26)9-7-17/h4-13,15,20H,3H2,1-2H3. The van der Waals surface area contributed by atoms with Crippen LogP contribution in [-0.2, 0) is 4.79 Å². The van der Waals surface area contributed by atoms with Gasteiger partial charge in [-0.15, -0.1) is 0 Å². The molecule has 2 aromatic carbocycles. The third kappa shape index (κ3) is 3.46. The predicted molar refractivity (Wildman–Crippen MR) is 125 cm³/mol. The Labute approximate surface area is 195 Å². The predicted octanol–water partition coefficient (Wildman–Crippen LogP) is 4.23. The zero-order valence-electron chi connectivity index (χ0n) is 18.6. The zero-order chi connectivity index (χ0) is 23.8. The molecule has 0 aliphatic carbocycles. The molecule has 0 bridgehead atoms. The Kier molecular flexibility index (Phi) is 5.26. The van der Waals surface area contributed by atoms with Gasteiger partial charge in [0.2, 0.25) is 11.9 Å². The number of carbonyl (C=O) groups is 1. The molecule has 4 aromatic rings. The van der Waals surface area contributed by atoms with Crippen LogP contribution in [0.5, 0.6) is 0 Å². The average Bonchev–Trinajstić information content (AvgIpc) is 3.36. The van der Waals surface area contributed by atoms with E-state index in [1.165, 1.54) is 12.1 Å². The van der Waals surface area contributed by atoms with Crippen molar-refractivity contribution >= 4 is 23.1 Å². The van der Waals surface area contributed by atoms with E-state index in [-0.39, 0.29) is 11.7 Å². The van der Waals surface area contributed by atoms with E-state index < -0.39 is 6.04 Å². The Bertz CT molecular complexity index is 1410. The van der Waals surface area contributed by atoms with Crippen molar-refractivity contribution in [3.8, 4) is 23.4 Å². The van der Waals surface area contributed by atoms with Crippen LogP contribution in [0.25, 0.3) is 17.3 Å². The molecule has 0 fully saturated rings. The normalized spacial score (nSPS) is 15.2. The number of imidazole rings is 1. The van der Waals surface area contributed by atoms with Crippen molar-refractivity contribution < 1.29 is 9.18 Å². The first-order valence-electron chi connectivity index (χ1n) is 10.8. The molecule has 1 atom stereocenters. The van der Waals surface area contributed by atoms with Crippen LogP contribution in [0.2, 0.25) is 0 Å². The van der Waals surface area contributed by atoms with Crippen LogP contribution in [0.4, 0.5) is 21.6 Å². The van der Waals surface area contributed by atoms with E-state index in [9.17, 15) is 14.4 Å². The maximum absolute atomic E-state index is 13.4. The highest BCUT2D eigenvalue weighted by molar-refractivity contribution is 6.06. The summed E-state index contributed by atoms with van der Waals surface area (Å²) in [5.41, 5.74) is 2.58. The average molecular weight is 453 g/mol. The molecule has 9 heteroatoms. The molecule has 1 aliphatic heterocycles. The van der Waals surface area contributed by atoms with Gasteiger partial charge in [-0.3, -0.25) is 9.36 Å². The number of fused-ring (bicyclic) bond motifs is 1. The molecular formula is C25H20FN7O. The summed E-state index contributed by atoms with van der Waals surface area (Å²) in [6.07, 6.45) is 5.55. The van der Waals surface area contributed by atoms with E-state index in [1.54, 1.807) is 59.4 Å². The number of nitriles is 1. The molecule has 1 aliphatic rings. The number of aromatic nitrogens is 4. The number of hydrogen-bond donors (Lipinski definition) is 0. The molecule has 8 nitrogen and oxygen atoms in total. The van der Waals surface area contributed by atoms with Crippen molar-refractivity contribution in [2.45, 2.75) is 19.4 Å². The van der Waals surface area contributed by atoms with E-state index in [0.717, 1.165) is 11.3 Å². The summed E-state index contributed by atoms with van der Waals surface area (Å²) >= 11 is 0. The maximum atomic E-state index is 13.4. The van der Waals surface area contributed by atoms with Crippen LogP contribution in [0, 0.1) is 17.1 Å². The summed E-state index contributed by atoms with van der Waals surface area (Å²) in [5, 5.41) is 9.17. The van der Waals surface area contributed by atoms with Gasteiger partial charge in [0.25, 0.3) is 0 Å². The molecule has 168 valence electrons. The van der Waals surface area contributed by atoms with Crippen molar-refractivity contribution in [2.75, 3.05) is 16.8 Å². The summed E-state index contributed by atoms with van der Waals surface area (Å²) in [4.78, 5) is 30.4. The van der Waals surface area contributed by atoms with E-state index in [2.05, 4.69) is 16.0 Å². The molecule has 1 amide bonds. The van der Waals surface area contributed by atoms with Crippen LogP contribution in [-0.4, -0.2) is 38.5 Å². The zero-order valence-corrected chi connectivity index (χ0v) is 18.6. The summed E-state index contributed by atoms with van der Waals surface area (Å²) in [7, 11) is 1.71. The quantitative estimate of drug-likeness (QED) is 0.459. The summed E-state index contributed by atoms with van der Waals surface area (Å²) < 4.78 is 15.1. The van der Waals surface area contributed by atoms with Gasteiger partial charge in [-0.25, -0.2) is 14.4 Å². The molecule has 0 spiro atoms. The van der Waals surface area contributed by atoms with Crippen LogP contribution in [0.3, 0.4) is 0 Å². The first-order valence-corrected chi connectivity index (χ1v) is 10.8. The molecule has 3 heterocycles. The van der Waals surface area contributed by atoms with Gasteiger partial charge >= 0.3 is 0 Å². The minimum Gasteiger partial charge on any atom is -0.312 e. The van der Waals surface area contributed by atoms with Crippen LogP contribution in [0.15, 0.2) is 67.1 Å². The van der Waals surface area contributed by atoms with E-state index in [4.69, 9.17) is 4.98 Å². The number of halogens is 1. The number of nitrogens with zero attached hydrogens (tertiary/aromatic N) is 7. The fourth-order valence-electron chi connectivity index (χ4n) is 4.12. The van der Waals surface area contributed by atoms with Gasteiger partial charge in [-0.1, -0.05) is 6.92 Å². The maximum Gasteiger partial charge on any atom is 0.250 e. The molecule has 1 unspecified atom stereocenters. The Hall–Kier alpha value is -4.58. The smallest absolute Gasteiger partial charge is 0.250 e. The second-order valence-electron chi connectivity index (χ2n) is 7.86. The Morgan fingerprint density at radius 3 is 2.50 bits per heavy atom.